The Balaban J connectivity index is 1.19. The van der Waals surface area contributed by atoms with Gasteiger partial charge in [-0.15, -0.1) is 0 Å². The molecular weight excluding hydrogens is 1480 g/mol. The van der Waals surface area contributed by atoms with Crippen molar-refractivity contribution < 1.29 is 133 Å². The van der Waals surface area contributed by atoms with E-state index < -0.39 is 134 Å². The van der Waals surface area contributed by atoms with Crippen LogP contribution in [0.2, 0.25) is 0 Å². The minimum Gasteiger partial charge on any atom is -0.463 e. The predicted octanol–water partition coefficient (Wildman–Crippen LogP) is 6.16. The molecule has 6 N–H and O–H groups in total. The van der Waals surface area contributed by atoms with Crippen molar-refractivity contribution in [1.29, 1.82) is 0 Å². The number of nitrogens with one attached hydrogen (secondary N) is 6. The Labute approximate surface area is 661 Å². The van der Waals surface area contributed by atoms with Crippen LogP contribution >= 0.6 is 0 Å². The van der Waals surface area contributed by atoms with Crippen molar-refractivity contribution in [3.05, 3.63) is 65.2 Å². The van der Waals surface area contributed by atoms with Crippen molar-refractivity contribution in [3.63, 3.8) is 0 Å². The molecule has 2 saturated heterocycles. The van der Waals surface area contributed by atoms with Crippen molar-refractivity contribution in [2.24, 2.45) is 0 Å². The quantitative estimate of drug-likeness (QED) is 0.0245. The summed E-state index contributed by atoms with van der Waals surface area (Å²) in [4.78, 5) is 162. The van der Waals surface area contributed by atoms with E-state index in [-0.39, 0.29) is 120 Å². The smallest absolute Gasteiger partial charge is 0.306 e. The Hall–Kier alpha value is -8.77. The molecule has 34 nitrogen and oxygen atoms in total. The summed E-state index contributed by atoms with van der Waals surface area (Å²) in [7, 11) is 0. The number of esters is 7. The standard InChI is InChI=1S/C79H120N6O28/c1-53(86)83-70-74(110-59(7)92)72(108-57(5)90)65(51-105-55(3)88)112-78(70)103-45-43-101-41-39-99-37-35-81-76(97)62-47-63(77(98)82-36-38-100-40-42-102-44-46-104-79-71(84-54(2)87)75(111-60(8)93)73(109-58(6)91)66(113-79)52-106-56(4)89)49-64(48-62)85-68(95)32-26-19-15-12-11-14-18-25-31-67(94)80-34-28-21-17-13-9-10-16-20-27-33-69(96)107-50-61-29-23-22-24-30-61/h22-24,29-30,47-49,65-66,70-75,78-79H,9-21,25-28,31-46,50-52H2,1-8H3,(H,80,94)(H,81,97)(H,82,98)(H,83,86)(H,84,87)(H,85,95)/t65-,66+,70-,71+,72+,73-,74-,75+,78?,79?. The first-order valence-corrected chi connectivity index (χ1v) is 39.1. The lowest BCUT2D eigenvalue weighted by Gasteiger charge is -2.44. The fourth-order valence-electron chi connectivity index (χ4n) is 12.2. The molecular formula is C79H120N6O28. The summed E-state index contributed by atoms with van der Waals surface area (Å²) in [6, 6.07) is 11.7. The molecule has 10 atom stereocenters. The van der Waals surface area contributed by atoms with Crippen LogP contribution in [-0.2, 0) is 130 Å². The van der Waals surface area contributed by atoms with Gasteiger partial charge in [0.15, 0.2) is 37.0 Å². The van der Waals surface area contributed by atoms with E-state index >= 15 is 0 Å². The molecule has 2 aromatic rings. The third-order valence-electron chi connectivity index (χ3n) is 17.4. The summed E-state index contributed by atoms with van der Waals surface area (Å²) < 4.78 is 83.9. The van der Waals surface area contributed by atoms with Crippen molar-refractivity contribution in [3.8, 4) is 0 Å². The molecule has 2 aliphatic rings. The van der Waals surface area contributed by atoms with E-state index in [4.69, 9.17) is 71.1 Å². The summed E-state index contributed by atoms with van der Waals surface area (Å²) in [5.74, 6) is -6.91. The minimum atomic E-state index is -1.30. The van der Waals surface area contributed by atoms with Gasteiger partial charge >= 0.3 is 41.8 Å². The molecule has 2 aromatic carbocycles. The highest BCUT2D eigenvalue weighted by Gasteiger charge is 2.53. The number of ether oxygens (including phenoxy) is 15. The van der Waals surface area contributed by atoms with Gasteiger partial charge in [0.1, 0.15) is 44.1 Å². The zero-order valence-corrected chi connectivity index (χ0v) is 66.8. The van der Waals surface area contributed by atoms with Gasteiger partial charge in [-0.05, 0) is 49.4 Å². The first-order valence-electron chi connectivity index (χ1n) is 39.1. The summed E-state index contributed by atoms with van der Waals surface area (Å²) in [6.45, 7) is 9.78. The van der Waals surface area contributed by atoms with Crippen LogP contribution in [0.4, 0.5) is 5.69 Å². The third-order valence-corrected chi connectivity index (χ3v) is 17.4. The maximum Gasteiger partial charge on any atom is 0.306 e. The SMILES string of the molecule is CC(=O)N[C@@H]1C(OCCOCCOCCNC(=O)c2cc(NC(=O)CCCCCCCCCCC(=O)NCCCCCCCCCCCC(=O)OCc3ccccc3)cc(C(=O)NCCOCCOCCOC3O[C@H](COC(C)=O)[C@H](OC(C)=O)[C@H](OC(C)=O)[C@H]3NC(C)=O)c2)O[C@@H](COC(C)=O)[C@@H](OC(C)=O)[C@H]1OC(C)=O. The van der Waals surface area contributed by atoms with E-state index in [9.17, 15) is 62.3 Å². The molecule has 6 amide bonds. The molecule has 0 spiro atoms. The van der Waals surface area contributed by atoms with Crippen LogP contribution < -0.4 is 31.9 Å². The highest BCUT2D eigenvalue weighted by molar-refractivity contribution is 6.02. The number of unbranched alkanes of at least 4 members (excludes halogenated alkanes) is 15. The fourth-order valence-corrected chi connectivity index (χ4v) is 12.2. The van der Waals surface area contributed by atoms with E-state index in [0.717, 1.165) is 123 Å². The predicted molar refractivity (Wildman–Crippen MR) is 405 cm³/mol. The van der Waals surface area contributed by atoms with Crippen LogP contribution in [0.5, 0.6) is 0 Å². The number of amides is 6. The number of carbonyl (C=O) groups is 13. The largest absolute Gasteiger partial charge is 0.463 e. The Morgan fingerprint density at radius 1 is 0.363 bits per heavy atom. The molecule has 4 rings (SSSR count). The van der Waals surface area contributed by atoms with Crippen molar-refractivity contribution in [1.82, 2.24) is 26.6 Å². The average Bonchev–Trinajstić information content (AvgIpc) is 0.793. The fraction of sp³-hybridized carbons (Fsp3) is 0.684. The number of rotatable bonds is 58. The Morgan fingerprint density at radius 3 is 1.14 bits per heavy atom. The van der Waals surface area contributed by atoms with E-state index in [1.54, 1.807) is 0 Å². The van der Waals surface area contributed by atoms with Gasteiger partial charge in [0.2, 0.25) is 23.6 Å². The Morgan fingerprint density at radius 2 is 0.735 bits per heavy atom. The molecule has 113 heavy (non-hydrogen) atoms. The minimum absolute atomic E-state index is 0.00707. The number of hydrogen-bond acceptors (Lipinski definition) is 28. The molecule has 634 valence electrons. The lowest BCUT2D eigenvalue weighted by atomic mass is 9.96. The molecule has 2 fully saturated rings. The molecule has 0 aliphatic carbocycles. The van der Waals surface area contributed by atoms with Gasteiger partial charge < -0.3 is 103 Å². The second-order valence-corrected chi connectivity index (χ2v) is 27.2. The number of benzene rings is 2. The normalized spacial score (nSPS) is 19.1. The Bertz CT molecular complexity index is 3090. The average molecular weight is 1600 g/mol. The molecule has 0 radical (unpaired) electrons. The van der Waals surface area contributed by atoms with Gasteiger partial charge in [0.05, 0.1) is 66.1 Å². The van der Waals surface area contributed by atoms with E-state index in [0.29, 0.717) is 32.4 Å². The van der Waals surface area contributed by atoms with Gasteiger partial charge in [-0.1, -0.05) is 114 Å². The maximum atomic E-state index is 13.7. The van der Waals surface area contributed by atoms with Crippen LogP contribution in [0, 0.1) is 0 Å². The molecule has 34 heteroatoms. The zero-order chi connectivity index (χ0) is 82.6. The number of hydrogen-bond donors (Lipinski definition) is 6. The van der Waals surface area contributed by atoms with Crippen molar-refractivity contribution in [2.75, 3.05) is 104 Å². The zero-order valence-electron chi connectivity index (χ0n) is 66.8. The van der Waals surface area contributed by atoms with Crippen LogP contribution in [0.3, 0.4) is 0 Å². The highest BCUT2D eigenvalue weighted by atomic mass is 16.7. The van der Waals surface area contributed by atoms with E-state index in [1.807, 2.05) is 30.3 Å². The molecule has 2 aliphatic heterocycles. The molecule has 2 heterocycles. The number of carbonyl (C=O) groups excluding carboxylic acids is 13. The van der Waals surface area contributed by atoms with E-state index in [2.05, 4.69) is 31.9 Å². The highest BCUT2D eigenvalue weighted by Crippen LogP contribution is 2.30. The molecule has 2 unspecified atom stereocenters. The first-order chi connectivity index (χ1) is 54.3. The van der Waals surface area contributed by atoms with Gasteiger partial charge in [0, 0.05) is 111 Å². The summed E-state index contributed by atoms with van der Waals surface area (Å²) >= 11 is 0. The molecule has 0 aromatic heterocycles. The Kier molecular flexibility index (Phi) is 49.0. The molecule has 0 bridgehead atoms. The summed E-state index contributed by atoms with van der Waals surface area (Å²) in [5, 5.41) is 16.7. The number of anilines is 1. The van der Waals surface area contributed by atoms with Crippen LogP contribution in [0.25, 0.3) is 0 Å². The maximum absolute atomic E-state index is 13.7. The van der Waals surface area contributed by atoms with Crippen molar-refractivity contribution >= 4 is 82.9 Å². The van der Waals surface area contributed by atoms with Crippen molar-refractivity contribution in [2.45, 2.75) is 252 Å². The second-order valence-electron chi connectivity index (χ2n) is 27.2. The van der Waals surface area contributed by atoms with Gasteiger partial charge in [-0.25, -0.2) is 0 Å². The summed E-state index contributed by atoms with van der Waals surface area (Å²) in [6.07, 6.45) is 7.93. The lowest BCUT2D eigenvalue weighted by molar-refractivity contribution is -0.279. The van der Waals surface area contributed by atoms with Crippen LogP contribution in [0.15, 0.2) is 48.5 Å². The monoisotopic (exact) mass is 1600 g/mol. The lowest BCUT2D eigenvalue weighted by Crippen LogP contribution is -2.66. The first kappa shape index (κ1) is 96.6. The third kappa shape index (κ3) is 43.3. The molecule has 0 saturated carbocycles. The van der Waals surface area contributed by atoms with E-state index in [1.165, 1.54) is 58.7 Å². The van der Waals surface area contributed by atoms with Crippen LogP contribution in [-0.4, -0.2) is 237 Å². The van der Waals surface area contributed by atoms with Gasteiger partial charge in [-0.3, -0.25) is 62.3 Å². The van der Waals surface area contributed by atoms with Gasteiger partial charge in [-0.2, -0.15) is 0 Å². The topological polar surface area (TPSA) is 433 Å². The second kappa shape index (κ2) is 57.3. The summed E-state index contributed by atoms with van der Waals surface area (Å²) in [5.41, 5.74) is 1.35. The van der Waals surface area contributed by atoms with Crippen LogP contribution in [0.1, 0.15) is 210 Å². The van der Waals surface area contributed by atoms with Gasteiger partial charge in [0.25, 0.3) is 11.8 Å².